The van der Waals surface area contributed by atoms with Crippen molar-refractivity contribution in [3.63, 3.8) is 0 Å². The molecule has 1 atom stereocenters. The lowest BCUT2D eigenvalue weighted by molar-refractivity contribution is 0.0846. The molecule has 3 N–H and O–H groups in total. The van der Waals surface area contributed by atoms with Crippen molar-refractivity contribution in [3.05, 3.63) is 65.2 Å². The van der Waals surface area contributed by atoms with Crippen LogP contribution < -0.4 is 15.6 Å². The lowest BCUT2D eigenvalue weighted by atomic mass is 10.1. The summed E-state index contributed by atoms with van der Waals surface area (Å²) in [6, 6.07) is 12.3. The summed E-state index contributed by atoms with van der Waals surface area (Å²) in [7, 11) is -3.69. The van der Waals surface area contributed by atoms with E-state index >= 15 is 0 Å². The highest BCUT2D eigenvalue weighted by atomic mass is 32.2. The zero-order valence-corrected chi connectivity index (χ0v) is 16.8. The number of sulfonamides is 1. The summed E-state index contributed by atoms with van der Waals surface area (Å²) >= 11 is 0. The summed E-state index contributed by atoms with van der Waals surface area (Å²) in [6.07, 6.45) is 1.65. The van der Waals surface area contributed by atoms with Gasteiger partial charge in [0.1, 0.15) is 0 Å². The standard InChI is InChI=1S/C20H23N3O5S/c1-14-4-6-15(7-5-14)19(24)22-23-20(25)16-8-10-18(11-9-16)29(26,27)21-13-17-3-2-12-28-17/h4-11,17,21H,2-3,12-13H2,1H3,(H,22,24)(H,23,25)/t17-/m1/s1. The van der Waals surface area contributed by atoms with Crippen molar-refractivity contribution in [1.82, 2.24) is 15.6 Å². The molecule has 1 saturated heterocycles. The number of benzene rings is 2. The molecule has 0 aliphatic carbocycles. The van der Waals surface area contributed by atoms with Crippen LogP contribution in [-0.4, -0.2) is 39.5 Å². The number of hydrogen-bond acceptors (Lipinski definition) is 5. The molecule has 8 nitrogen and oxygen atoms in total. The Balaban J connectivity index is 1.55. The number of carbonyl (C=O) groups excluding carboxylic acids is 2. The number of nitrogens with one attached hydrogen (secondary N) is 3. The molecule has 1 heterocycles. The third kappa shape index (κ3) is 5.63. The number of ether oxygens (including phenoxy) is 1. The summed E-state index contributed by atoms with van der Waals surface area (Å²) in [5.41, 5.74) is 6.29. The molecule has 9 heteroatoms. The van der Waals surface area contributed by atoms with Gasteiger partial charge >= 0.3 is 0 Å². The van der Waals surface area contributed by atoms with Gasteiger partial charge in [-0.15, -0.1) is 0 Å². The number of aryl methyl sites for hydroxylation is 1. The van der Waals surface area contributed by atoms with Crippen LogP contribution in [0.4, 0.5) is 0 Å². The monoisotopic (exact) mass is 417 g/mol. The minimum Gasteiger partial charge on any atom is -0.377 e. The Morgan fingerprint density at radius 2 is 1.52 bits per heavy atom. The van der Waals surface area contributed by atoms with Crippen LogP contribution in [0.5, 0.6) is 0 Å². The molecule has 1 fully saturated rings. The first kappa shape index (κ1) is 21.0. The average molecular weight is 417 g/mol. The summed E-state index contributed by atoms with van der Waals surface area (Å²) in [5, 5.41) is 0. The van der Waals surface area contributed by atoms with Gasteiger partial charge in [0.25, 0.3) is 11.8 Å². The average Bonchev–Trinajstić information content (AvgIpc) is 3.25. The van der Waals surface area contributed by atoms with E-state index in [1.165, 1.54) is 24.3 Å². The first-order valence-corrected chi connectivity index (χ1v) is 10.7. The maximum absolute atomic E-state index is 12.3. The number of carbonyl (C=O) groups is 2. The maximum atomic E-state index is 12.3. The van der Waals surface area contributed by atoms with Crippen molar-refractivity contribution in [2.75, 3.05) is 13.2 Å². The van der Waals surface area contributed by atoms with E-state index in [9.17, 15) is 18.0 Å². The molecular formula is C20H23N3O5S. The molecule has 154 valence electrons. The van der Waals surface area contributed by atoms with Crippen LogP contribution in [0.1, 0.15) is 39.1 Å². The quantitative estimate of drug-likeness (QED) is 0.617. The number of hydrogen-bond donors (Lipinski definition) is 3. The second kappa shape index (κ2) is 9.17. The SMILES string of the molecule is Cc1ccc(C(=O)NNC(=O)c2ccc(S(=O)(=O)NC[C@H]3CCCO3)cc2)cc1. The maximum Gasteiger partial charge on any atom is 0.269 e. The third-order valence-electron chi connectivity index (χ3n) is 4.56. The first-order valence-electron chi connectivity index (χ1n) is 9.24. The molecule has 2 aromatic carbocycles. The van der Waals surface area contributed by atoms with Crippen LogP contribution >= 0.6 is 0 Å². The topological polar surface area (TPSA) is 114 Å². The molecule has 0 radical (unpaired) electrons. The smallest absolute Gasteiger partial charge is 0.269 e. The minimum atomic E-state index is -3.69. The van der Waals surface area contributed by atoms with Crippen LogP contribution in [-0.2, 0) is 14.8 Å². The number of rotatable bonds is 6. The molecular weight excluding hydrogens is 394 g/mol. The lowest BCUT2D eigenvalue weighted by Gasteiger charge is -2.12. The molecule has 0 aromatic heterocycles. The summed E-state index contributed by atoms with van der Waals surface area (Å²) in [4.78, 5) is 24.3. The largest absolute Gasteiger partial charge is 0.377 e. The van der Waals surface area contributed by atoms with Gasteiger partial charge in [0.05, 0.1) is 11.0 Å². The molecule has 2 amide bonds. The number of hydrazine groups is 1. The fourth-order valence-corrected chi connectivity index (χ4v) is 3.91. The zero-order valence-electron chi connectivity index (χ0n) is 16.0. The van der Waals surface area contributed by atoms with E-state index in [1.54, 1.807) is 24.3 Å². The lowest BCUT2D eigenvalue weighted by Crippen LogP contribution is -2.41. The van der Waals surface area contributed by atoms with E-state index in [4.69, 9.17) is 4.74 Å². The highest BCUT2D eigenvalue weighted by Gasteiger charge is 2.20. The van der Waals surface area contributed by atoms with Crippen molar-refractivity contribution in [2.24, 2.45) is 0 Å². The van der Waals surface area contributed by atoms with E-state index < -0.39 is 21.8 Å². The normalized spacial score (nSPS) is 16.4. The van der Waals surface area contributed by atoms with Crippen molar-refractivity contribution in [1.29, 1.82) is 0 Å². The van der Waals surface area contributed by atoms with E-state index in [0.29, 0.717) is 12.2 Å². The van der Waals surface area contributed by atoms with Crippen LogP contribution in [0.2, 0.25) is 0 Å². The van der Waals surface area contributed by atoms with Gasteiger partial charge in [-0.05, 0) is 56.2 Å². The Morgan fingerprint density at radius 3 is 2.03 bits per heavy atom. The minimum absolute atomic E-state index is 0.0516. The van der Waals surface area contributed by atoms with Crippen LogP contribution in [0.3, 0.4) is 0 Å². The van der Waals surface area contributed by atoms with Gasteiger partial charge in [-0.25, -0.2) is 13.1 Å². The molecule has 29 heavy (non-hydrogen) atoms. The molecule has 0 unspecified atom stereocenters. The van der Waals surface area contributed by atoms with Gasteiger partial charge in [0.15, 0.2) is 0 Å². The molecule has 0 bridgehead atoms. The van der Waals surface area contributed by atoms with Gasteiger partial charge in [-0.2, -0.15) is 0 Å². The highest BCUT2D eigenvalue weighted by molar-refractivity contribution is 7.89. The van der Waals surface area contributed by atoms with Crippen molar-refractivity contribution < 1.29 is 22.7 Å². The second-order valence-electron chi connectivity index (χ2n) is 6.79. The van der Waals surface area contributed by atoms with E-state index in [-0.39, 0.29) is 23.1 Å². The third-order valence-corrected chi connectivity index (χ3v) is 5.99. The Labute approximate surface area is 169 Å². The summed E-state index contributed by atoms with van der Waals surface area (Å²) in [6.45, 7) is 2.78. The van der Waals surface area contributed by atoms with Crippen molar-refractivity contribution in [2.45, 2.75) is 30.8 Å². The molecule has 3 rings (SSSR count). The van der Waals surface area contributed by atoms with E-state index in [2.05, 4.69) is 15.6 Å². The molecule has 1 aliphatic heterocycles. The van der Waals surface area contributed by atoms with Gasteiger partial charge in [0.2, 0.25) is 10.0 Å². The number of amides is 2. The second-order valence-corrected chi connectivity index (χ2v) is 8.55. The van der Waals surface area contributed by atoms with Gasteiger partial charge in [0, 0.05) is 24.3 Å². The predicted octanol–water partition coefficient (Wildman–Crippen LogP) is 1.53. The molecule has 0 spiro atoms. The predicted molar refractivity (Wildman–Crippen MR) is 107 cm³/mol. The van der Waals surface area contributed by atoms with Crippen LogP contribution in [0, 0.1) is 6.92 Å². The summed E-state index contributed by atoms with van der Waals surface area (Å²) in [5.74, 6) is -1.00. The molecule has 1 aliphatic rings. The molecule has 2 aromatic rings. The highest BCUT2D eigenvalue weighted by Crippen LogP contribution is 2.14. The Hall–Kier alpha value is -2.75. The van der Waals surface area contributed by atoms with E-state index in [1.807, 2.05) is 6.92 Å². The van der Waals surface area contributed by atoms with Crippen LogP contribution in [0.15, 0.2) is 53.4 Å². The van der Waals surface area contributed by atoms with Gasteiger partial charge < -0.3 is 4.74 Å². The van der Waals surface area contributed by atoms with E-state index in [0.717, 1.165) is 18.4 Å². The van der Waals surface area contributed by atoms with Crippen LogP contribution in [0.25, 0.3) is 0 Å². The fraction of sp³-hybridized carbons (Fsp3) is 0.300. The van der Waals surface area contributed by atoms with Gasteiger partial charge in [-0.3, -0.25) is 20.4 Å². The Bertz CT molecular complexity index is 966. The Kier molecular flexibility index (Phi) is 6.63. The summed E-state index contributed by atoms with van der Waals surface area (Å²) < 4.78 is 32.6. The van der Waals surface area contributed by atoms with Crippen molar-refractivity contribution in [3.8, 4) is 0 Å². The molecule has 0 saturated carbocycles. The Morgan fingerprint density at radius 1 is 0.966 bits per heavy atom. The van der Waals surface area contributed by atoms with Crippen molar-refractivity contribution >= 4 is 21.8 Å². The first-order chi connectivity index (χ1) is 13.8. The van der Waals surface area contributed by atoms with Gasteiger partial charge in [-0.1, -0.05) is 17.7 Å². The fourth-order valence-electron chi connectivity index (χ4n) is 2.84. The zero-order chi connectivity index (χ0) is 20.9.